The molecule has 1 aliphatic heterocycles. The predicted molar refractivity (Wildman–Crippen MR) is 74.5 cm³/mol. The van der Waals surface area contributed by atoms with Crippen molar-refractivity contribution in [2.45, 2.75) is 6.92 Å². The van der Waals surface area contributed by atoms with Crippen LogP contribution in [-0.2, 0) is 16.6 Å². The second kappa shape index (κ2) is 5.36. The number of amides is 1. The molecule has 7 heteroatoms. The van der Waals surface area contributed by atoms with Gasteiger partial charge in [0, 0.05) is 38.8 Å². The Morgan fingerprint density at radius 1 is 1.35 bits per heavy atom. The van der Waals surface area contributed by atoms with E-state index in [1.54, 1.807) is 23.7 Å². The number of likely N-dealkylation sites (N-methyl/N-ethyl adjacent to an activating group) is 1. The fraction of sp³-hybridized carbons (Fsp3) is 0.462. The summed E-state index contributed by atoms with van der Waals surface area (Å²) in [6.45, 7) is 3.45. The third kappa shape index (κ3) is 2.66. The largest absolute Gasteiger partial charge is 0.478 e. The number of nitrogens with zero attached hydrogens (tertiary/aromatic N) is 4. The number of rotatable bonds is 3. The summed E-state index contributed by atoms with van der Waals surface area (Å²) in [5.41, 5.74) is 1.48. The number of carboxylic acids is 1. The number of aromatic nitrogens is 2. The highest BCUT2D eigenvalue weighted by Gasteiger charge is 2.25. The van der Waals surface area contributed by atoms with Crippen LogP contribution in [0.15, 0.2) is 6.08 Å². The molecule has 1 fully saturated rings. The summed E-state index contributed by atoms with van der Waals surface area (Å²) >= 11 is 0. The number of aryl methyl sites for hydroxylation is 2. The highest BCUT2D eigenvalue weighted by molar-refractivity contribution is 5.88. The Kier molecular flexibility index (Phi) is 3.78. The van der Waals surface area contributed by atoms with Gasteiger partial charge in [-0.1, -0.05) is 0 Å². The molecule has 1 aliphatic rings. The fourth-order valence-electron chi connectivity index (χ4n) is 2.33. The van der Waals surface area contributed by atoms with E-state index in [0.717, 1.165) is 23.2 Å². The Morgan fingerprint density at radius 3 is 2.65 bits per heavy atom. The van der Waals surface area contributed by atoms with Crippen LogP contribution in [0.5, 0.6) is 0 Å². The molecule has 0 atom stereocenters. The number of anilines is 1. The molecule has 0 radical (unpaired) electrons. The van der Waals surface area contributed by atoms with Gasteiger partial charge in [0.1, 0.15) is 5.82 Å². The zero-order chi connectivity index (χ0) is 14.9. The summed E-state index contributed by atoms with van der Waals surface area (Å²) in [4.78, 5) is 26.1. The third-order valence-electron chi connectivity index (χ3n) is 3.39. The van der Waals surface area contributed by atoms with Crippen molar-refractivity contribution in [3.63, 3.8) is 0 Å². The molecule has 0 spiro atoms. The first-order valence-corrected chi connectivity index (χ1v) is 6.33. The summed E-state index contributed by atoms with van der Waals surface area (Å²) in [5.74, 6) is -0.182. The Labute approximate surface area is 117 Å². The quantitative estimate of drug-likeness (QED) is 0.794. The van der Waals surface area contributed by atoms with Crippen molar-refractivity contribution in [3.05, 3.63) is 17.3 Å². The lowest BCUT2D eigenvalue weighted by atomic mass is 10.2. The average Bonchev–Trinajstić information content (AvgIpc) is 2.65. The summed E-state index contributed by atoms with van der Waals surface area (Å²) in [5, 5.41) is 13.1. The second-order valence-corrected chi connectivity index (χ2v) is 4.85. The SMILES string of the molecule is Cc1nn(C)c(N2CCN(C)C(=O)C2)c1C=CC(=O)O. The minimum atomic E-state index is -1.01. The van der Waals surface area contributed by atoms with Gasteiger partial charge in [-0.3, -0.25) is 9.48 Å². The van der Waals surface area contributed by atoms with Gasteiger partial charge in [0.25, 0.3) is 0 Å². The maximum Gasteiger partial charge on any atom is 0.328 e. The van der Waals surface area contributed by atoms with Crippen LogP contribution < -0.4 is 4.90 Å². The van der Waals surface area contributed by atoms with Gasteiger partial charge in [-0.2, -0.15) is 5.10 Å². The van der Waals surface area contributed by atoms with Crippen LogP contribution in [0.4, 0.5) is 5.82 Å². The first kappa shape index (κ1) is 14.1. The second-order valence-electron chi connectivity index (χ2n) is 4.85. The number of hydrogen-bond acceptors (Lipinski definition) is 4. The van der Waals surface area contributed by atoms with Crippen LogP contribution in [0.1, 0.15) is 11.3 Å². The van der Waals surface area contributed by atoms with Crippen molar-refractivity contribution in [1.82, 2.24) is 14.7 Å². The Hall–Kier alpha value is -2.31. The molecular formula is C13H18N4O3. The van der Waals surface area contributed by atoms with E-state index in [1.165, 1.54) is 6.08 Å². The zero-order valence-electron chi connectivity index (χ0n) is 11.8. The maximum atomic E-state index is 11.8. The molecule has 1 aromatic heterocycles. The predicted octanol–water partition coefficient (Wildman–Crippen LogP) is 0.105. The minimum absolute atomic E-state index is 0.0447. The van der Waals surface area contributed by atoms with E-state index < -0.39 is 5.97 Å². The molecule has 1 aromatic rings. The van der Waals surface area contributed by atoms with E-state index >= 15 is 0 Å². The highest BCUT2D eigenvalue weighted by atomic mass is 16.4. The fourth-order valence-corrected chi connectivity index (χ4v) is 2.33. The van der Waals surface area contributed by atoms with Crippen molar-refractivity contribution in [1.29, 1.82) is 0 Å². The standard InChI is InChI=1S/C13H18N4O3/c1-9-10(4-5-12(19)20)13(16(3)14-9)17-7-6-15(2)11(18)8-17/h4-5H,6-8H2,1-3H3,(H,19,20). The summed E-state index contributed by atoms with van der Waals surface area (Å²) in [6.07, 6.45) is 2.62. The Morgan fingerprint density at radius 2 is 2.05 bits per heavy atom. The van der Waals surface area contributed by atoms with E-state index in [9.17, 15) is 9.59 Å². The first-order valence-electron chi connectivity index (χ1n) is 6.33. The molecule has 0 saturated carbocycles. The lowest BCUT2D eigenvalue weighted by Crippen LogP contribution is -2.49. The van der Waals surface area contributed by atoms with Gasteiger partial charge < -0.3 is 14.9 Å². The van der Waals surface area contributed by atoms with Crippen LogP contribution >= 0.6 is 0 Å². The van der Waals surface area contributed by atoms with Crippen molar-refractivity contribution >= 4 is 23.8 Å². The van der Waals surface area contributed by atoms with Gasteiger partial charge in [0.2, 0.25) is 5.91 Å². The lowest BCUT2D eigenvalue weighted by Gasteiger charge is -2.33. The molecule has 2 rings (SSSR count). The number of carbonyl (C=O) groups excluding carboxylic acids is 1. The number of carboxylic acid groups (broad SMARTS) is 1. The van der Waals surface area contributed by atoms with E-state index in [-0.39, 0.29) is 12.5 Å². The highest BCUT2D eigenvalue weighted by Crippen LogP contribution is 2.25. The normalized spacial score (nSPS) is 16.2. The molecule has 0 bridgehead atoms. The smallest absolute Gasteiger partial charge is 0.328 e. The number of piperazine rings is 1. The van der Waals surface area contributed by atoms with E-state index in [2.05, 4.69) is 5.10 Å². The molecule has 0 aliphatic carbocycles. The van der Waals surface area contributed by atoms with E-state index in [1.807, 2.05) is 11.8 Å². The van der Waals surface area contributed by atoms with Crippen molar-refractivity contribution in [3.8, 4) is 0 Å². The summed E-state index contributed by atoms with van der Waals surface area (Å²) in [6, 6.07) is 0. The van der Waals surface area contributed by atoms with Crippen molar-refractivity contribution in [2.75, 3.05) is 31.6 Å². The molecular weight excluding hydrogens is 260 g/mol. The van der Waals surface area contributed by atoms with Crippen molar-refractivity contribution in [2.24, 2.45) is 7.05 Å². The van der Waals surface area contributed by atoms with Crippen LogP contribution in [0.25, 0.3) is 6.08 Å². The molecule has 2 heterocycles. The van der Waals surface area contributed by atoms with E-state index in [0.29, 0.717) is 13.1 Å². The summed E-state index contributed by atoms with van der Waals surface area (Å²) < 4.78 is 1.69. The van der Waals surface area contributed by atoms with Gasteiger partial charge in [-0.15, -0.1) is 0 Å². The number of carbonyl (C=O) groups is 2. The average molecular weight is 278 g/mol. The van der Waals surface area contributed by atoms with Gasteiger partial charge in [-0.05, 0) is 13.0 Å². The molecule has 1 saturated heterocycles. The molecule has 0 unspecified atom stereocenters. The van der Waals surface area contributed by atoms with Crippen LogP contribution in [-0.4, -0.2) is 58.3 Å². The minimum Gasteiger partial charge on any atom is -0.478 e. The zero-order valence-corrected chi connectivity index (χ0v) is 11.8. The van der Waals surface area contributed by atoms with Gasteiger partial charge >= 0.3 is 5.97 Å². The molecule has 108 valence electrons. The van der Waals surface area contributed by atoms with Gasteiger partial charge in [0.05, 0.1) is 12.2 Å². The summed E-state index contributed by atoms with van der Waals surface area (Å²) in [7, 11) is 3.57. The molecule has 20 heavy (non-hydrogen) atoms. The first-order chi connectivity index (χ1) is 9.40. The maximum absolute atomic E-state index is 11.8. The van der Waals surface area contributed by atoms with Crippen LogP contribution in [0.3, 0.4) is 0 Å². The Balaban J connectivity index is 2.36. The molecule has 7 nitrogen and oxygen atoms in total. The lowest BCUT2D eigenvalue weighted by molar-refractivity contribution is -0.131. The number of hydrogen-bond donors (Lipinski definition) is 1. The topological polar surface area (TPSA) is 78.7 Å². The molecule has 1 N–H and O–H groups in total. The monoisotopic (exact) mass is 278 g/mol. The number of aliphatic carboxylic acids is 1. The van der Waals surface area contributed by atoms with Crippen molar-refractivity contribution < 1.29 is 14.7 Å². The van der Waals surface area contributed by atoms with E-state index in [4.69, 9.17) is 5.11 Å². The van der Waals surface area contributed by atoms with Crippen LogP contribution in [0, 0.1) is 6.92 Å². The third-order valence-corrected chi connectivity index (χ3v) is 3.39. The molecule has 0 aromatic carbocycles. The van der Waals surface area contributed by atoms with Gasteiger partial charge in [-0.25, -0.2) is 4.79 Å². The Bertz CT molecular complexity index is 576. The van der Waals surface area contributed by atoms with Gasteiger partial charge in [0.15, 0.2) is 0 Å². The van der Waals surface area contributed by atoms with Crippen LogP contribution in [0.2, 0.25) is 0 Å². The molecule has 1 amide bonds.